The third-order valence-corrected chi connectivity index (χ3v) is 5.40. The van der Waals surface area contributed by atoms with Crippen molar-refractivity contribution in [3.05, 3.63) is 65.7 Å². The van der Waals surface area contributed by atoms with E-state index >= 15 is 0 Å². The highest BCUT2D eigenvalue weighted by atomic mass is 35.5. The third-order valence-electron chi connectivity index (χ3n) is 5.40. The SMILES string of the molecule is CCNOC(Cc1ccccc1)C(C)(C)Oc1ccc(C(C)(C)CC(C)(C)C)cc1.Cl. The van der Waals surface area contributed by atoms with Crippen LogP contribution in [0, 0.1) is 5.41 Å². The molecule has 3 nitrogen and oxygen atoms in total. The van der Waals surface area contributed by atoms with Crippen LogP contribution in [0.3, 0.4) is 0 Å². The van der Waals surface area contributed by atoms with Gasteiger partial charge in [-0.3, -0.25) is 4.84 Å². The molecule has 2 aromatic rings. The number of benzene rings is 2. The van der Waals surface area contributed by atoms with Gasteiger partial charge in [0.1, 0.15) is 17.5 Å². The first-order valence-electron chi connectivity index (χ1n) is 11.1. The van der Waals surface area contributed by atoms with Crippen molar-refractivity contribution in [2.45, 2.75) is 85.4 Å². The van der Waals surface area contributed by atoms with E-state index in [1.807, 2.05) is 13.0 Å². The summed E-state index contributed by atoms with van der Waals surface area (Å²) >= 11 is 0. The van der Waals surface area contributed by atoms with Crippen molar-refractivity contribution < 1.29 is 9.57 Å². The molecule has 0 aliphatic carbocycles. The first-order chi connectivity index (χ1) is 13.9. The topological polar surface area (TPSA) is 30.5 Å². The van der Waals surface area contributed by atoms with Crippen molar-refractivity contribution in [3.63, 3.8) is 0 Å². The zero-order valence-corrected chi connectivity index (χ0v) is 21.4. The van der Waals surface area contributed by atoms with E-state index in [0.29, 0.717) is 0 Å². The summed E-state index contributed by atoms with van der Waals surface area (Å²) in [7, 11) is 0. The van der Waals surface area contributed by atoms with Crippen molar-refractivity contribution in [2.24, 2.45) is 5.41 Å². The van der Waals surface area contributed by atoms with Gasteiger partial charge in [-0.25, -0.2) is 5.48 Å². The molecule has 0 amide bonds. The van der Waals surface area contributed by atoms with Gasteiger partial charge in [0.2, 0.25) is 0 Å². The highest BCUT2D eigenvalue weighted by Crippen LogP contribution is 2.37. The van der Waals surface area contributed by atoms with E-state index in [-0.39, 0.29) is 29.3 Å². The zero-order valence-electron chi connectivity index (χ0n) is 20.6. The molecule has 0 aliphatic rings. The van der Waals surface area contributed by atoms with E-state index in [9.17, 15) is 0 Å². The first kappa shape index (κ1) is 27.5. The summed E-state index contributed by atoms with van der Waals surface area (Å²) in [5.41, 5.74) is 5.51. The minimum atomic E-state index is -0.500. The van der Waals surface area contributed by atoms with E-state index in [1.54, 1.807) is 0 Å². The van der Waals surface area contributed by atoms with Crippen molar-refractivity contribution in [2.75, 3.05) is 6.54 Å². The normalized spacial score (nSPS) is 13.4. The van der Waals surface area contributed by atoms with Crippen LogP contribution >= 0.6 is 12.4 Å². The Bertz CT molecular complexity index is 764. The molecule has 174 valence electrons. The zero-order chi connectivity index (χ0) is 22.4. The summed E-state index contributed by atoms with van der Waals surface area (Å²) in [5, 5.41) is 0. The molecule has 0 bridgehead atoms. The molecule has 0 radical (unpaired) electrons. The number of rotatable bonds is 10. The molecule has 0 aromatic heterocycles. The second kappa shape index (κ2) is 11.4. The fourth-order valence-electron chi connectivity index (χ4n) is 4.21. The van der Waals surface area contributed by atoms with Crippen molar-refractivity contribution in [3.8, 4) is 5.75 Å². The van der Waals surface area contributed by atoms with Crippen molar-refractivity contribution in [1.29, 1.82) is 0 Å². The van der Waals surface area contributed by atoms with E-state index in [4.69, 9.17) is 9.57 Å². The molecule has 31 heavy (non-hydrogen) atoms. The molecular formula is C27H42ClNO2. The van der Waals surface area contributed by atoms with Gasteiger partial charge in [0.25, 0.3) is 0 Å². The molecule has 0 spiro atoms. The van der Waals surface area contributed by atoms with Crippen LogP contribution in [-0.2, 0) is 16.7 Å². The van der Waals surface area contributed by atoms with Crippen LogP contribution in [0.15, 0.2) is 54.6 Å². The Morgan fingerprint density at radius 3 is 1.94 bits per heavy atom. The largest absolute Gasteiger partial charge is 0.485 e. The summed E-state index contributed by atoms with van der Waals surface area (Å²) in [5.74, 6) is 0.869. The van der Waals surface area contributed by atoms with Crippen LogP contribution in [0.4, 0.5) is 0 Å². The van der Waals surface area contributed by atoms with Crippen LogP contribution in [-0.4, -0.2) is 18.2 Å². The maximum Gasteiger partial charge on any atom is 0.132 e. The Hall–Kier alpha value is -1.55. The van der Waals surface area contributed by atoms with Crippen LogP contribution < -0.4 is 10.2 Å². The summed E-state index contributed by atoms with van der Waals surface area (Å²) in [6, 6.07) is 19.0. The average Bonchev–Trinajstić information content (AvgIpc) is 2.64. The quantitative estimate of drug-likeness (QED) is 0.393. The second-order valence-corrected chi connectivity index (χ2v) is 10.6. The Balaban J connectivity index is 0.00000480. The average molecular weight is 448 g/mol. The number of halogens is 1. The van der Waals surface area contributed by atoms with E-state index in [1.165, 1.54) is 11.1 Å². The molecule has 1 unspecified atom stereocenters. The number of ether oxygens (including phenoxy) is 1. The van der Waals surface area contributed by atoms with Crippen molar-refractivity contribution >= 4 is 12.4 Å². The number of hydroxylamine groups is 1. The molecular weight excluding hydrogens is 406 g/mol. The van der Waals surface area contributed by atoms with Gasteiger partial charge < -0.3 is 4.74 Å². The fourth-order valence-corrected chi connectivity index (χ4v) is 4.21. The molecule has 4 heteroatoms. The predicted octanol–water partition coefficient (Wildman–Crippen LogP) is 7.13. The predicted molar refractivity (Wildman–Crippen MR) is 134 cm³/mol. The fraction of sp³-hybridized carbons (Fsp3) is 0.556. The summed E-state index contributed by atoms with van der Waals surface area (Å²) in [6.45, 7) is 18.5. The third kappa shape index (κ3) is 8.84. The maximum absolute atomic E-state index is 6.44. The molecule has 0 saturated carbocycles. The van der Waals surface area contributed by atoms with Gasteiger partial charge in [0.15, 0.2) is 0 Å². The Morgan fingerprint density at radius 2 is 1.42 bits per heavy atom. The van der Waals surface area contributed by atoms with E-state index in [0.717, 1.165) is 25.1 Å². The Kier molecular flexibility index (Phi) is 10.1. The summed E-state index contributed by atoms with van der Waals surface area (Å²) in [4.78, 5) is 5.99. The van der Waals surface area contributed by atoms with E-state index in [2.05, 4.69) is 102 Å². The highest BCUT2D eigenvalue weighted by Gasteiger charge is 2.34. The summed E-state index contributed by atoms with van der Waals surface area (Å²) in [6.07, 6.45) is 1.77. The molecule has 2 aromatic carbocycles. The van der Waals surface area contributed by atoms with E-state index < -0.39 is 5.60 Å². The Morgan fingerprint density at radius 1 is 0.839 bits per heavy atom. The van der Waals surface area contributed by atoms with Gasteiger partial charge in [-0.05, 0) is 54.4 Å². The highest BCUT2D eigenvalue weighted by molar-refractivity contribution is 5.85. The van der Waals surface area contributed by atoms with Gasteiger partial charge in [0, 0.05) is 13.0 Å². The molecule has 2 rings (SSSR count). The molecule has 0 heterocycles. The van der Waals surface area contributed by atoms with Gasteiger partial charge in [0.05, 0.1) is 0 Å². The molecule has 0 saturated heterocycles. The first-order valence-corrected chi connectivity index (χ1v) is 11.1. The monoisotopic (exact) mass is 447 g/mol. The molecule has 0 aliphatic heterocycles. The van der Waals surface area contributed by atoms with Gasteiger partial charge in [-0.2, -0.15) is 0 Å². The lowest BCUT2D eigenvalue weighted by atomic mass is 9.72. The second-order valence-electron chi connectivity index (χ2n) is 10.6. The molecule has 1 atom stereocenters. The van der Waals surface area contributed by atoms with Gasteiger partial charge in [-0.1, -0.05) is 84.0 Å². The minimum Gasteiger partial charge on any atom is -0.485 e. The summed E-state index contributed by atoms with van der Waals surface area (Å²) < 4.78 is 6.44. The number of nitrogens with one attached hydrogen (secondary N) is 1. The minimum absolute atomic E-state index is 0. The standard InChI is InChI=1S/C27H41NO2.ClH/c1-9-28-30-24(19-21-13-11-10-12-14-21)27(7,8)29-23-17-15-22(16-18-23)26(5,6)20-25(2,3)4;/h10-18,24,28H,9,19-20H2,1-8H3;1H. The van der Waals surface area contributed by atoms with Crippen LogP contribution in [0.5, 0.6) is 5.75 Å². The van der Waals surface area contributed by atoms with Gasteiger partial charge >= 0.3 is 0 Å². The lowest BCUT2D eigenvalue weighted by molar-refractivity contribution is -0.113. The maximum atomic E-state index is 6.44. The Labute approximate surface area is 196 Å². The lowest BCUT2D eigenvalue weighted by Crippen LogP contribution is -2.47. The molecule has 1 N–H and O–H groups in total. The number of hydrogen-bond acceptors (Lipinski definition) is 3. The number of hydrogen-bond donors (Lipinski definition) is 1. The lowest BCUT2D eigenvalue weighted by Gasteiger charge is -2.35. The smallest absolute Gasteiger partial charge is 0.132 e. The van der Waals surface area contributed by atoms with Gasteiger partial charge in [-0.15, -0.1) is 12.4 Å². The molecule has 0 fully saturated rings. The van der Waals surface area contributed by atoms with Crippen LogP contribution in [0.2, 0.25) is 0 Å². The van der Waals surface area contributed by atoms with Crippen LogP contribution in [0.25, 0.3) is 0 Å². The van der Waals surface area contributed by atoms with Crippen molar-refractivity contribution in [1.82, 2.24) is 5.48 Å². The van der Waals surface area contributed by atoms with Crippen LogP contribution in [0.1, 0.15) is 72.9 Å².